The molecule has 0 aliphatic carbocycles. The standard InChI is InChI=1S/C31H38ClN3O4S/c1-23(2)33-31(37)29(21-25-10-6-5-7-11-25)34(22-26-12-8-13-27(32)20-26)30(36)14-9-19-35(40(4,38)39)28-17-15-24(3)16-18-28/h5-8,10-13,15-18,20,23,29H,9,14,19,21-22H2,1-4H3,(H,33,37)/t29-/m1/s1. The molecule has 2 amide bonds. The lowest BCUT2D eigenvalue weighted by molar-refractivity contribution is -0.141. The number of carbonyl (C=O) groups is 2. The predicted molar refractivity (Wildman–Crippen MR) is 162 cm³/mol. The van der Waals surface area contributed by atoms with Gasteiger partial charge < -0.3 is 10.2 Å². The number of halogens is 1. The monoisotopic (exact) mass is 583 g/mol. The number of amides is 2. The molecule has 7 nitrogen and oxygen atoms in total. The maximum atomic E-state index is 13.8. The molecule has 0 heterocycles. The van der Waals surface area contributed by atoms with Crippen LogP contribution in [0.15, 0.2) is 78.9 Å². The van der Waals surface area contributed by atoms with Crippen LogP contribution in [-0.2, 0) is 32.6 Å². The highest BCUT2D eigenvalue weighted by Crippen LogP contribution is 2.21. The minimum absolute atomic E-state index is 0.0682. The third kappa shape index (κ3) is 9.38. The molecule has 0 aliphatic rings. The summed E-state index contributed by atoms with van der Waals surface area (Å²) in [6.45, 7) is 6.02. The molecule has 3 rings (SSSR count). The number of sulfonamides is 1. The molecule has 1 atom stereocenters. The average molecular weight is 584 g/mol. The fraction of sp³-hybridized carbons (Fsp3) is 0.355. The molecule has 0 saturated heterocycles. The van der Waals surface area contributed by atoms with Crippen molar-refractivity contribution in [3.05, 3.63) is 101 Å². The molecule has 0 aliphatic heterocycles. The van der Waals surface area contributed by atoms with E-state index in [-0.39, 0.29) is 43.8 Å². The molecule has 3 aromatic rings. The van der Waals surface area contributed by atoms with Gasteiger partial charge in [-0.15, -0.1) is 0 Å². The molecule has 3 aromatic carbocycles. The summed E-state index contributed by atoms with van der Waals surface area (Å²) < 4.78 is 26.4. The second-order valence-corrected chi connectivity index (χ2v) is 12.6. The van der Waals surface area contributed by atoms with Crippen LogP contribution in [0.25, 0.3) is 0 Å². The van der Waals surface area contributed by atoms with Gasteiger partial charge in [0.05, 0.1) is 11.9 Å². The van der Waals surface area contributed by atoms with Gasteiger partial charge in [-0.2, -0.15) is 0 Å². The van der Waals surface area contributed by atoms with Crippen LogP contribution >= 0.6 is 11.6 Å². The van der Waals surface area contributed by atoms with Gasteiger partial charge in [0.15, 0.2) is 0 Å². The van der Waals surface area contributed by atoms with E-state index in [2.05, 4.69) is 5.32 Å². The first-order chi connectivity index (χ1) is 18.9. The second kappa shape index (κ2) is 14.3. The van der Waals surface area contributed by atoms with Crippen molar-refractivity contribution < 1.29 is 18.0 Å². The molecule has 0 spiro atoms. The number of anilines is 1. The van der Waals surface area contributed by atoms with Crippen molar-refractivity contribution in [3.8, 4) is 0 Å². The number of carbonyl (C=O) groups excluding carboxylic acids is 2. The van der Waals surface area contributed by atoms with E-state index in [9.17, 15) is 18.0 Å². The summed E-state index contributed by atoms with van der Waals surface area (Å²) in [6, 6.07) is 23.2. The SMILES string of the molecule is Cc1ccc(N(CCCC(=O)N(Cc2cccc(Cl)c2)[C@H](Cc2ccccc2)C(=O)NC(C)C)S(C)(=O)=O)cc1. The number of rotatable bonds is 13. The first kappa shape index (κ1) is 31.2. The molecular weight excluding hydrogens is 546 g/mol. The van der Waals surface area contributed by atoms with Crippen LogP contribution in [0.2, 0.25) is 5.02 Å². The molecule has 214 valence electrons. The Morgan fingerprint density at radius 1 is 0.925 bits per heavy atom. The molecule has 0 fully saturated rings. The van der Waals surface area contributed by atoms with E-state index in [1.165, 1.54) is 4.31 Å². The van der Waals surface area contributed by atoms with Crippen LogP contribution in [-0.4, -0.2) is 50.0 Å². The van der Waals surface area contributed by atoms with Gasteiger partial charge >= 0.3 is 0 Å². The lowest BCUT2D eigenvalue weighted by Crippen LogP contribution is -2.51. The minimum Gasteiger partial charge on any atom is -0.352 e. The van der Waals surface area contributed by atoms with Crippen LogP contribution < -0.4 is 9.62 Å². The van der Waals surface area contributed by atoms with E-state index in [1.54, 1.807) is 29.2 Å². The summed E-state index contributed by atoms with van der Waals surface area (Å²) in [5.74, 6) is -0.483. The summed E-state index contributed by atoms with van der Waals surface area (Å²) in [5, 5.41) is 3.51. The fourth-order valence-electron chi connectivity index (χ4n) is 4.48. The Kier molecular flexibility index (Phi) is 11.2. The van der Waals surface area contributed by atoms with Gasteiger partial charge in [0.1, 0.15) is 6.04 Å². The highest BCUT2D eigenvalue weighted by molar-refractivity contribution is 7.92. The third-order valence-electron chi connectivity index (χ3n) is 6.42. The Morgan fingerprint density at radius 2 is 1.57 bits per heavy atom. The highest BCUT2D eigenvalue weighted by atomic mass is 35.5. The lowest BCUT2D eigenvalue weighted by Gasteiger charge is -2.32. The number of hydrogen-bond donors (Lipinski definition) is 1. The molecule has 9 heteroatoms. The molecule has 0 bridgehead atoms. The zero-order valence-corrected chi connectivity index (χ0v) is 25.1. The summed E-state index contributed by atoms with van der Waals surface area (Å²) in [6.07, 6.45) is 1.85. The number of aryl methyl sites for hydroxylation is 1. The van der Waals surface area contributed by atoms with Gasteiger partial charge in [0.25, 0.3) is 0 Å². The minimum atomic E-state index is -3.56. The topological polar surface area (TPSA) is 86.8 Å². The Hall–Kier alpha value is -3.36. The highest BCUT2D eigenvalue weighted by Gasteiger charge is 2.31. The van der Waals surface area contributed by atoms with Gasteiger partial charge in [0.2, 0.25) is 21.8 Å². The van der Waals surface area contributed by atoms with Crippen molar-refractivity contribution in [2.45, 2.75) is 58.7 Å². The second-order valence-electron chi connectivity index (χ2n) is 10.3. The summed E-state index contributed by atoms with van der Waals surface area (Å²) in [5.41, 5.74) is 3.30. The molecule has 40 heavy (non-hydrogen) atoms. The predicted octanol–water partition coefficient (Wildman–Crippen LogP) is 5.36. The lowest BCUT2D eigenvalue weighted by atomic mass is 10.0. The number of benzene rings is 3. The van der Waals surface area contributed by atoms with Crippen LogP contribution in [0.4, 0.5) is 5.69 Å². The zero-order chi connectivity index (χ0) is 29.3. The van der Waals surface area contributed by atoms with E-state index < -0.39 is 16.1 Å². The summed E-state index contributed by atoms with van der Waals surface area (Å²) >= 11 is 6.23. The molecule has 0 radical (unpaired) electrons. The number of nitrogens with zero attached hydrogens (tertiary/aromatic N) is 2. The van der Waals surface area contributed by atoms with Crippen molar-refractivity contribution in [2.24, 2.45) is 0 Å². The van der Waals surface area contributed by atoms with E-state index >= 15 is 0 Å². The maximum Gasteiger partial charge on any atom is 0.243 e. The zero-order valence-electron chi connectivity index (χ0n) is 23.5. The summed E-state index contributed by atoms with van der Waals surface area (Å²) in [7, 11) is -3.56. The van der Waals surface area contributed by atoms with Gasteiger partial charge in [-0.05, 0) is 62.6 Å². The average Bonchev–Trinajstić information content (AvgIpc) is 2.89. The largest absolute Gasteiger partial charge is 0.352 e. The third-order valence-corrected chi connectivity index (χ3v) is 7.85. The van der Waals surface area contributed by atoms with E-state index in [4.69, 9.17) is 11.6 Å². The van der Waals surface area contributed by atoms with E-state index in [0.717, 1.165) is 22.9 Å². The van der Waals surface area contributed by atoms with Crippen molar-refractivity contribution >= 4 is 39.1 Å². The van der Waals surface area contributed by atoms with Crippen molar-refractivity contribution in [2.75, 3.05) is 17.1 Å². The summed E-state index contributed by atoms with van der Waals surface area (Å²) in [4.78, 5) is 28.9. The van der Waals surface area contributed by atoms with Crippen LogP contribution in [0.3, 0.4) is 0 Å². The van der Waals surface area contributed by atoms with Crippen LogP contribution in [0.1, 0.15) is 43.4 Å². The van der Waals surface area contributed by atoms with E-state index in [1.807, 2.05) is 75.4 Å². The van der Waals surface area contributed by atoms with Crippen LogP contribution in [0, 0.1) is 6.92 Å². The smallest absolute Gasteiger partial charge is 0.243 e. The maximum absolute atomic E-state index is 13.8. The molecule has 0 aromatic heterocycles. The molecule has 1 N–H and O–H groups in total. The van der Waals surface area contributed by atoms with Gasteiger partial charge in [-0.25, -0.2) is 8.42 Å². The first-order valence-corrected chi connectivity index (χ1v) is 15.6. The van der Waals surface area contributed by atoms with Gasteiger partial charge in [0, 0.05) is 37.0 Å². The fourth-order valence-corrected chi connectivity index (χ4v) is 5.66. The Balaban J connectivity index is 1.87. The molecular formula is C31H38ClN3O4S. The number of nitrogens with one attached hydrogen (secondary N) is 1. The number of hydrogen-bond acceptors (Lipinski definition) is 4. The van der Waals surface area contributed by atoms with Gasteiger partial charge in [-0.3, -0.25) is 13.9 Å². The van der Waals surface area contributed by atoms with Crippen molar-refractivity contribution in [1.82, 2.24) is 10.2 Å². The van der Waals surface area contributed by atoms with Crippen LogP contribution in [0.5, 0.6) is 0 Å². The first-order valence-electron chi connectivity index (χ1n) is 13.4. The Labute approximate surface area is 243 Å². The Morgan fingerprint density at radius 3 is 2.17 bits per heavy atom. The van der Waals surface area contributed by atoms with Crippen molar-refractivity contribution in [1.29, 1.82) is 0 Å². The van der Waals surface area contributed by atoms with Crippen molar-refractivity contribution in [3.63, 3.8) is 0 Å². The molecule has 0 saturated carbocycles. The normalized spacial score (nSPS) is 12.2. The Bertz CT molecular complexity index is 1380. The van der Waals surface area contributed by atoms with E-state index in [0.29, 0.717) is 17.1 Å². The van der Waals surface area contributed by atoms with Gasteiger partial charge in [-0.1, -0.05) is 71.8 Å². The quantitative estimate of drug-likeness (QED) is 0.293. The molecule has 0 unspecified atom stereocenters.